The first-order valence-corrected chi connectivity index (χ1v) is 9.79. The smallest absolute Gasteiger partial charge is 0.161 e. The molecule has 0 saturated heterocycles. The number of fused-ring (bicyclic) bond motifs is 1. The molecular weight excluding hydrogens is 398 g/mol. The van der Waals surface area contributed by atoms with E-state index < -0.39 is 0 Å². The fourth-order valence-electron chi connectivity index (χ4n) is 3.01. The van der Waals surface area contributed by atoms with Crippen molar-refractivity contribution in [2.75, 3.05) is 12.5 Å². The van der Waals surface area contributed by atoms with Crippen LogP contribution in [0.4, 0.5) is 5.69 Å². The van der Waals surface area contributed by atoms with E-state index in [4.69, 9.17) is 21.1 Å². The van der Waals surface area contributed by atoms with Gasteiger partial charge in [-0.3, -0.25) is 10.4 Å². The first-order chi connectivity index (χ1) is 14.7. The maximum Gasteiger partial charge on any atom is 0.161 e. The number of benzene rings is 3. The summed E-state index contributed by atoms with van der Waals surface area (Å²) in [6, 6.07) is 23.2. The summed E-state index contributed by atoms with van der Waals surface area (Å²) in [4.78, 5) is 4.33. The minimum Gasteiger partial charge on any atom is -0.493 e. The van der Waals surface area contributed by atoms with E-state index in [1.54, 1.807) is 19.5 Å². The van der Waals surface area contributed by atoms with Gasteiger partial charge in [0, 0.05) is 16.6 Å². The fraction of sp³-hybridized carbons (Fsp3) is 0.0833. The highest BCUT2D eigenvalue weighted by Crippen LogP contribution is 2.28. The van der Waals surface area contributed by atoms with E-state index in [0.717, 1.165) is 27.7 Å². The normalized spacial score (nSPS) is 11.0. The molecule has 30 heavy (non-hydrogen) atoms. The summed E-state index contributed by atoms with van der Waals surface area (Å²) in [5.41, 5.74) is 6.71. The second-order valence-corrected chi connectivity index (χ2v) is 7.01. The minimum absolute atomic E-state index is 0.478. The van der Waals surface area contributed by atoms with Gasteiger partial charge in [-0.25, -0.2) is 0 Å². The van der Waals surface area contributed by atoms with Crippen LogP contribution < -0.4 is 14.9 Å². The van der Waals surface area contributed by atoms with E-state index >= 15 is 0 Å². The summed E-state index contributed by atoms with van der Waals surface area (Å²) in [6.45, 7) is 0.478. The quantitative estimate of drug-likeness (QED) is 0.299. The van der Waals surface area contributed by atoms with Crippen LogP contribution in [0.1, 0.15) is 11.1 Å². The summed E-state index contributed by atoms with van der Waals surface area (Å²) in [7, 11) is 1.62. The van der Waals surface area contributed by atoms with Gasteiger partial charge >= 0.3 is 0 Å². The van der Waals surface area contributed by atoms with Crippen molar-refractivity contribution in [3.05, 3.63) is 95.1 Å². The molecule has 150 valence electrons. The average Bonchev–Trinajstić information content (AvgIpc) is 2.78. The molecule has 0 unspecified atom stereocenters. The molecule has 4 rings (SSSR count). The minimum atomic E-state index is 0.478. The third-order valence-corrected chi connectivity index (χ3v) is 4.76. The molecule has 0 aliphatic carbocycles. The molecule has 6 heteroatoms. The average molecular weight is 418 g/mol. The van der Waals surface area contributed by atoms with Crippen LogP contribution in [-0.2, 0) is 6.61 Å². The summed E-state index contributed by atoms with van der Waals surface area (Å²) in [5.74, 6) is 1.34. The van der Waals surface area contributed by atoms with Crippen LogP contribution in [0.2, 0.25) is 5.02 Å². The van der Waals surface area contributed by atoms with Crippen molar-refractivity contribution in [3.63, 3.8) is 0 Å². The van der Waals surface area contributed by atoms with E-state index in [0.29, 0.717) is 23.1 Å². The van der Waals surface area contributed by atoms with E-state index in [-0.39, 0.29) is 0 Å². The van der Waals surface area contributed by atoms with Crippen molar-refractivity contribution in [2.45, 2.75) is 6.61 Å². The number of pyridine rings is 1. The lowest BCUT2D eigenvalue weighted by atomic mass is 10.2. The van der Waals surface area contributed by atoms with Gasteiger partial charge in [-0.2, -0.15) is 5.10 Å². The third-order valence-electron chi connectivity index (χ3n) is 4.53. The molecule has 5 nitrogen and oxygen atoms in total. The van der Waals surface area contributed by atoms with Crippen LogP contribution in [0.15, 0.2) is 84.1 Å². The topological polar surface area (TPSA) is 55.7 Å². The molecule has 1 aromatic heterocycles. The van der Waals surface area contributed by atoms with Crippen LogP contribution >= 0.6 is 11.6 Å². The Morgan fingerprint density at radius 2 is 1.87 bits per heavy atom. The first-order valence-electron chi connectivity index (χ1n) is 9.41. The fourth-order valence-corrected chi connectivity index (χ4v) is 3.18. The Balaban J connectivity index is 1.46. The number of nitrogens with one attached hydrogen (secondary N) is 1. The summed E-state index contributed by atoms with van der Waals surface area (Å²) in [6.07, 6.45) is 3.45. The maximum absolute atomic E-state index is 6.04. The Kier molecular flexibility index (Phi) is 6.11. The molecular formula is C24H20ClN3O2. The van der Waals surface area contributed by atoms with Gasteiger partial charge in [-0.1, -0.05) is 41.9 Å². The molecule has 0 aliphatic rings. The van der Waals surface area contributed by atoms with Gasteiger partial charge < -0.3 is 9.47 Å². The number of anilines is 1. The number of methoxy groups -OCH3 is 1. The standard InChI is InChI=1S/C24H20ClN3O2/c1-29-24-13-18(7-10-23(24)30-16-17-5-3-2-4-6-17)15-27-28-21-11-12-26-22-14-19(25)8-9-20(21)22/h2-15H,16H2,1H3,(H,26,28)/b27-15+. The lowest BCUT2D eigenvalue weighted by Crippen LogP contribution is -1.98. The van der Waals surface area contributed by atoms with Crippen LogP contribution in [-0.4, -0.2) is 18.3 Å². The van der Waals surface area contributed by atoms with Crippen LogP contribution in [0.25, 0.3) is 10.9 Å². The number of ether oxygens (including phenoxy) is 2. The van der Waals surface area contributed by atoms with E-state index in [1.165, 1.54) is 0 Å². The second-order valence-electron chi connectivity index (χ2n) is 6.57. The SMILES string of the molecule is COc1cc(/C=N/Nc2ccnc3cc(Cl)ccc23)ccc1OCc1ccccc1. The zero-order valence-corrected chi connectivity index (χ0v) is 17.1. The summed E-state index contributed by atoms with van der Waals surface area (Å²) in [5, 5.41) is 5.95. The zero-order valence-electron chi connectivity index (χ0n) is 16.4. The van der Waals surface area contributed by atoms with Gasteiger partial charge in [0.1, 0.15) is 6.61 Å². The van der Waals surface area contributed by atoms with Crippen LogP contribution in [0.5, 0.6) is 11.5 Å². The van der Waals surface area contributed by atoms with Gasteiger partial charge in [0.2, 0.25) is 0 Å². The number of halogens is 1. The lowest BCUT2D eigenvalue weighted by molar-refractivity contribution is 0.284. The Hall–Kier alpha value is -3.57. The molecule has 0 aliphatic heterocycles. The van der Waals surface area contributed by atoms with Crippen LogP contribution in [0, 0.1) is 0 Å². The van der Waals surface area contributed by atoms with Crippen molar-refractivity contribution >= 4 is 34.4 Å². The van der Waals surface area contributed by atoms with Crippen molar-refractivity contribution in [1.82, 2.24) is 4.98 Å². The zero-order chi connectivity index (χ0) is 20.8. The van der Waals surface area contributed by atoms with Crippen molar-refractivity contribution in [2.24, 2.45) is 5.10 Å². The maximum atomic E-state index is 6.04. The van der Waals surface area contributed by atoms with Crippen molar-refractivity contribution < 1.29 is 9.47 Å². The monoisotopic (exact) mass is 417 g/mol. The summed E-state index contributed by atoms with van der Waals surface area (Å²) >= 11 is 6.04. The van der Waals surface area contributed by atoms with E-state index in [1.807, 2.05) is 72.8 Å². The Labute approximate surface area is 179 Å². The van der Waals surface area contributed by atoms with E-state index in [9.17, 15) is 0 Å². The first kappa shape index (κ1) is 19.7. The Morgan fingerprint density at radius 3 is 2.70 bits per heavy atom. The van der Waals surface area contributed by atoms with Crippen LogP contribution in [0.3, 0.4) is 0 Å². The predicted molar refractivity (Wildman–Crippen MR) is 122 cm³/mol. The highest BCUT2D eigenvalue weighted by Gasteiger charge is 2.06. The Bertz CT molecular complexity index is 1180. The predicted octanol–water partition coefficient (Wildman–Crippen LogP) is 5.92. The number of hydrazone groups is 1. The number of rotatable bonds is 7. The van der Waals surface area contributed by atoms with Gasteiger partial charge in [0.15, 0.2) is 11.5 Å². The molecule has 0 amide bonds. The number of nitrogens with zero attached hydrogens (tertiary/aromatic N) is 2. The molecule has 0 atom stereocenters. The van der Waals surface area contributed by atoms with Gasteiger partial charge in [-0.05, 0) is 53.6 Å². The van der Waals surface area contributed by atoms with Crippen molar-refractivity contribution in [3.8, 4) is 11.5 Å². The number of aromatic nitrogens is 1. The number of hydrogen-bond donors (Lipinski definition) is 1. The highest BCUT2D eigenvalue weighted by atomic mass is 35.5. The van der Waals surface area contributed by atoms with E-state index in [2.05, 4.69) is 15.5 Å². The molecule has 1 heterocycles. The molecule has 4 aromatic rings. The number of hydrogen-bond acceptors (Lipinski definition) is 5. The molecule has 0 spiro atoms. The molecule has 0 fully saturated rings. The largest absolute Gasteiger partial charge is 0.493 e. The Morgan fingerprint density at radius 1 is 1.00 bits per heavy atom. The van der Waals surface area contributed by atoms with Gasteiger partial charge in [-0.15, -0.1) is 0 Å². The molecule has 0 bridgehead atoms. The molecule has 3 aromatic carbocycles. The third kappa shape index (κ3) is 4.70. The second kappa shape index (κ2) is 9.29. The van der Waals surface area contributed by atoms with Gasteiger partial charge in [0.25, 0.3) is 0 Å². The molecule has 0 radical (unpaired) electrons. The van der Waals surface area contributed by atoms with Gasteiger partial charge in [0.05, 0.1) is 24.5 Å². The molecule has 1 N–H and O–H groups in total. The summed E-state index contributed by atoms with van der Waals surface area (Å²) < 4.78 is 11.4. The van der Waals surface area contributed by atoms with Crippen molar-refractivity contribution in [1.29, 1.82) is 0 Å². The lowest BCUT2D eigenvalue weighted by Gasteiger charge is -2.11. The molecule has 0 saturated carbocycles. The highest BCUT2D eigenvalue weighted by molar-refractivity contribution is 6.31.